The number of nitrogens with zero attached hydrogens (tertiary/aromatic N) is 1. The molecule has 3 atom stereocenters. The molecule has 3 unspecified atom stereocenters. The topological polar surface area (TPSA) is 115 Å². The summed E-state index contributed by atoms with van der Waals surface area (Å²) >= 11 is 0. The van der Waals surface area contributed by atoms with Gasteiger partial charge < -0.3 is 24.6 Å². The molecule has 7 heteroatoms. The van der Waals surface area contributed by atoms with Gasteiger partial charge in [0, 0.05) is 5.92 Å². The summed E-state index contributed by atoms with van der Waals surface area (Å²) in [6, 6.07) is 0. The van der Waals surface area contributed by atoms with E-state index in [1.54, 1.807) is 6.92 Å². The Kier molecular flexibility index (Phi) is 16.1. The van der Waals surface area contributed by atoms with Gasteiger partial charge in [-0.2, -0.15) is 0 Å². The molecule has 0 rings (SSSR count). The normalized spacial score (nSPS) is 16.1. The molecule has 0 heterocycles. The van der Waals surface area contributed by atoms with E-state index >= 15 is 0 Å². The van der Waals surface area contributed by atoms with Gasteiger partial charge in [0.2, 0.25) is 0 Å². The molecule has 0 radical (unpaired) electrons. The molecular weight excluding hydrogens is 410 g/mol. The summed E-state index contributed by atoms with van der Waals surface area (Å²) in [7, 11) is 0. The van der Waals surface area contributed by atoms with Crippen LogP contribution in [0.5, 0.6) is 0 Å². The van der Waals surface area contributed by atoms with E-state index in [-0.39, 0.29) is 24.1 Å². The minimum absolute atomic E-state index is 0.220. The first-order valence-corrected chi connectivity index (χ1v) is 12.7. The van der Waals surface area contributed by atoms with E-state index < -0.39 is 35.7 Å². The molecule has 0 aliphatic heterocycles. The van der Waals surface area contributed by atoms with Crippen molar-refractivity contribution in [2.45, 2.75) is 98.3 Å². The number of carbonyl (C=O) groups excluding carboxylic acids is 1. The van der Waals surface area contributed by atoms with Crippen LogP contribution in [0.15, 0.2) is 0 Å². The maximum absolute atomic E-state index is 11.8. The van der Waals surface area contributed by atoms with E-state index in [4.69, 9.17) is 0 Å². The van der Waals surface area contributed by atoms with Crippen LogP contribution in [0, 0.1) is 17.8 Å². The number of aliphatic carboxylic acids is 3. The van der Waals surface area contributed by atoms with Crippen molar-refractivity contribution in [1.82, 2.24) is 0 Å². The number of rotatable bonds is 21. The lowest BCUT2D eigenvalue weighted by Gasteiger charge is -2.44. The van der Waals surface area contributed by atoms with Crippen LogP contribution in [-0.2, 0) is 14.4 Å². The molecule has 0 fully saturated rings. The SMILES string of the molecule is CCCCCCCCCC[N+](CC(CC)C(=O)[O-])(CC(CC)C(=O)O)CC(CC)C(=O)O. The number of quaternary nitrogens is 1. The molecule has 0 spiro atoms. The van der Waals surface area contributed by atoms with Gasteiger partial charge in [0.15, 0.2) is 0 Å². The first-order valence-electron chi connectivity index (χ1n) is 12.7. The zero-order chi connectivity index (χ0) is 24.6. The fourth-order valence-corrected chi connectivity index (χ4v) is 4.62. The van der Waals surface area contributed by atoms with E-state index in [1.165, 1.54) is 25.7 Å². The molecule has 0 aliphatic carbocycles. The average Bonchev–Trinajstić information content (AvgIpc) is 2.75. The molecular formula is C25H47NO6. The maximum atomic E-state index is 11.8. The molecule has 0 amide bonds. The Labute approximate surface area is 194 Å². The summed E-state index contributed by atoms with van der Waals surface area (Å²) in [5, 5.41) is 31.1. The van der Waals surface area contributed by atoms with Gasteiger partial charge >= 0.3 is 11.9 Å². The van der Waals surface area contributed by atoms with Crippen molar-refractivity contribution < 1.29 is 34.2 Å². The second kappa shape index (κ2) is 16.9. The summed E-state index contributed by atoms with van der Waals surface area (Å²) in [6.45, 7) is 8.95. The fraction of sp³-hybridized carbons (Fsp3) is 0.880. The monoisotopic (exact) mass is 457 g/mol. The van der Waals surface area contributed by atoms with Gasteiger partial charge in [-0.3, -0.25) is 9.59 Å². The van der Waals surface area contributed by atoms with Crippen LogP contribution in [0.1, 0.15) is 98.3 Å². The van der Waals surface area contributed by atoms with E-state index in [9.17, 15) is 29.7 Å². The van der Waals surface area contributed by atoms with Crippen LogP contribution in [0.4, 0.5) is 0 Å². The molecule has 32 heavy (non-hydrogen) atoms. The minimum atomic E-state index is -1.14. The summed E-state index contributed by atoms with van der Waals surface area (Å²) in [5.41, 5.74) is 0. The van der Waals surface area contributed by atoms with E-state index in [0.717, 1.165) is 25.7 Å². The molecule has 7 nitrogen and oxygen atoms in total. The third-order valence-electron chi connectivity index (χ3n) is 6.82. The minimum Gasteiger partial charge on any atom is -0.550 e. The lowest BCUT2D eigenvalue weighted by molar-refractivity contribution is -0.935. The highest BCUT2D eigenvalue weighted by Gasteiger charge is 2.39. The van der Waals surface area contributed by atoms with Crippen LogP contribution in [0.2, 0.25) is 0 Å². The second-order valence-electron chi connectivity index (χ2n) is 9.40. The highest BCUT2D eigenvalue weighted by atomic mass is 16.4. The van der Waals surface area contributed by atoms with E-state index in [2.05, 4.69) is 6.92 Å². The smallest absolute Gasteiger partial charge is 0.312 e. The predicted molar refractivity (Wildman–Crippen MR) is 124 cm³/mol. The van der Waals surface area contributed by atoms with E-state index in [0.29, 0.717) is 25.8 Å². The fourth-order valence-electron chi connectivity index (χ4n) is 4.62. The number of hydrogen-bond donors (Lipinski definition) is 2. The van der Waals surface area contributed by atoms with Gasteiger partial charge in [-0.05, 0) is 32.1 Å². The number of carbonyl (C=O) groups is 3. The third kappa shape index (κ3) is 11.8. The molecule has 0 aromatic rings. The first kappa shape index (κ1) is 30.4. The summed E-state index contributed by atoms with van der Waals surface area (Å²) in [4.78, 5) is 35.4. The lowest BCUT2D eigenvalue weighted by Crippen LogP contribution is -2.59. The molecule has 188 valence electrons. The lowest BCUT2D eigenvalue weighted by atomic mass is 9.95. The number of unbranched alkanes of at least 4 members (excludes halogenated alkanes) is 7. The van der Waals surface area contributed by atoms with Crippen LogP contribution < -0.4 is 5.11 Å². The Bertz CT molecular complexity index is 491. The summed E-state index contributed by atoms with van der Waals surface area (Å²) in [5.74, 6) is -4.94. The third-order valence-corrected chi connectivity index (χ3v) is 6.82. The molecule has 2 N–H and O–H groups in total. The van der Waals surface area contributed by atoms with E-state index in [1.807, 2.05) is 13.8 Å². The van der Waals surface area contributed by atoms with Gasteiger partial charge in [-0.15, -0.1) is 0 Å². The zero-order valence-electron chi connectivity index (χ0n) is 20.8. The number of carboxylic acid groups (broad SMARTS) is 3. The van der Waals surface area contributed by atoms with Gasteiger partial charge in [0.1, 0.15) is 11.8 Å². The molecule has 0 aromatic heterocycles. The average molecular weight is 458 g/mol. The van der Waals surface area contributed by atoms with Gasteiger partial charge in [0.25, 0.3) is 0 Å². The molecule has 0 aliphatic rings. The molecule has 0 bridgehead atoms. The van der Waals surface area contributed by atoms with Crippen LogP contribution in [0.25, 0.3) is 0 Å². The van der Waals surface area contributed by atoms with Crippen molar-refractivity contribution in [2.75, 3.05) is 26.2 Å². The quantitative estimate of drug-likeness (QED) is 0.199. The van der Waals surface area contributed by atoms with Crippen LogP contribution in [0.3, 0.4) is 0 Å². The van der Waals surface area contributed by atoms with Crippen molar-refractivity contribution in [3.8, 4) is 0 Å². The van der Waals surface area contributed by atoms with Crippen LogP contribution >= 0.6 is 0 Å². The Hall–Kier alpha value is -1.63. The number of carboxylic acids is 3. The molecule has 0 saturated heterocycles. The number of hydrogen-bond acceptors (Lipinski definition) is 4. The first-order chi connectivity index (χ1) is 15.2. The largest absolute Gasteiger partial charge is 0.550 e. The standard InChI is InChI=1S/C25H47NO6/c1-5-9-10-11-12-13-14-15-16-26(17-20(6-2)23(27)28,18-21(7-3)24(29)30)19-22(8-4)25(31)32/h20-22H,5-19H2,1-4H3,(H2-,27,28,29,30,31,32). The van der Waals surface area contributed by atoms with Gasteiger partial charge in [-0.1, -0.05) is 66.2 Å². The Morgan fingerprint density at radius 1 is 0.656 bits per heavy atom. The highest BCUT2D eigenvalue weighted by molar-refractivity contribution is 5.70. The Morgan fingerprint density at radius 2 is 1.03 bits per heavy atom. The van der Waals surface area contributed by atoms with Crippen molar-refractivity contribution in [3.63, 3.8) is 0 Å². The zero-order valence-corrected chi connectivity index (χ0v) is 20.8. The second-order valence-corrected chi connectivity index (χ2v) is 9.40. The Balaban J connectivity index is 5.60. The predicted octanol–water partition coefficient (Wildman–Crippen LogP) is 3.94. The maximum Gasteiger partial charge on any atom is 0.312 e. The van der Waals surface area contributed by atoms with Crippen LogP contribution in [-0.4, -0.2) is 58.8 Å². The van der Waals surface area contributed by atoms with Crippen molar-refractivity contribution >= 4 is 17.9 Å². The van der Waals surface area contributed by atoms with Crippen molar-refractivity contribution in [1.29, 1.82) is 0 Å². The molecule has 0 saturated carbocycles. The van der Waals surface area contributed by atoms with Crippen molar-refractivity contribution in [2.24, 2.45) is 17.8 Å². The van der Waals surface area contributed by atoms with Crippen molar-refractivity contribution in [3.05, 3.63) is 0 Å². The van der Waals surface area contributed by atoms with Gasteiger partial charge in [-0.25, -0.2) is 0 Å². The Morgan fingerprint density at radius 3 is 1.38 bits per heavy atom. The summed E-state index contributed by atoms with van der Waals surface area (Å²) in [6.07, 6.45) is 10.2. The molecule has 0 aromatic carbocycles. The highest BCUT2D eigenvalue weighted by Crippen LogP contribution is 2.25. The summed E-state index contributed by atoms with van der Waals surface area (Å²) < 4.78 is 0.220. The van der Waals surface area contributed by atoms with Gasteiger partial charge in [0.05, 0.1) is 32.1 Å².